The second-order valence-electron chi connectivity index (χ2n) is 5.84. The highest BCUT2D eigenvalue weighted by Crippen LogP contribution is 2.11. The Bertz CT molecular complexity index is 612. The monoisotopic (exact) mass is 457 g/mol. The van der Waals surface area contributed by atoms with Crippen LogP contribution in [0.25, 0.3) is 0 Å². The van der Waals surface area contributed by atoms with Gasteiger partial charge in [0.15, 0.2) is 5.96 Å². The Labute approximate surface area is 167 Å². The molecular formula is C19H28IN3O2. The lowest BCUT2D eigenvalue weighted by atomic mass is 10.1. The smallest absolute Gasteiger partial charge is 0.191 e. The van der Waals surface area contributed by atoms with Gasteiger partial charge in [0.1, 0.15) is 11.9 Å². The van der Waals surface area contributed by atoms with E-state index in [0.717, 1.165) is 24.9 Å². The summed E-state index contributed by atoms with van der Waals surface area (Å²) in [5.41, 5.74) is 2.40. The van der Waals surface area contributed by atoms with Crippen LogP contribution >= 0.6 is 24.0 Å². The van der Waals surface area contributed by atoms with Gasteiger partial charge in [-0.1, -0.05) is 43.2 Å². The van der Waals surface area contributed by atoms with Gasteiger partial charge < -0.3 is 20.2 Å². The molecule has 3 N–H and O–H groups in total. The Morgan fingerprint density at radius 2 is 1.96 bits per heavy atom. The number of furan rings is 1. The van der Waals surface area contributed by atoms with Crippen LogP contribution in [0.3, 0.4) is 0 Å². The second-order valence-corrected chi connectivity index (χ2v) is 5.84. The van der Waals surface area contributed by atoms with Crippen LogP contribution in [-0.4, -0.2) is 24.2 Å². The van der Waals surface area contributed by atoms with Gasteiger partial charge in [0.25, 0.3) is 0 Å². The first-order valence-corrected chi connectivity index (χ1v) is 8.48. The van der Waals surface area contributed by atoms with Crippen molar-refractivity contribution in [3.8, 4) is 0 Å². The maximum Gasteiger partial charge on any atom is 0.191 e. The molecule has 0 fully saturated rings. The van der Waals surface area contributed by atoms with Crippen LogP contribution in [0.1, 0.15) is 42.8 Å². The lowest BCUT2D eigenvalue weighted by Gasteiger charge is -2.14. The average molecular weight is 457 g/mol. The van der Waals surface area contributed by atoms with Crippen LogP contribution < -0.4 is 10.6 Å². The molecule has 0 aliphatic heterocycles. The van der Waals surface area contributed by atoms with Gasteiger partial charge in [0.2, 0.25) is 0 Å². The van der Waals surface area contributed by atoms with E-state index in [-0.39, 0.29) is 24.0 Å². The first-order valence-electron chi connectivity index (χ1n) is 8.48. The third-order valence-electron chi connectivity index (χ3n) is 3.70. The molecule has 2 aromatic rings. The van der Waals surface area contributed by atoms with Crippen LogP contribution in [0, 0.1) is 6.92 Å². The van der Waals surface area contributed by atoms with E-state index in [2.05, 4.69) is 53.7 Å². The number of aliphatic hydroxyl groups excluding tert-OH is 1. The number of nitrogens with one attached hydrogen (secondary N) is 2. The minimum Gasteiger partial charge on any atom is -0.467 e. The van der Waals surface area contributed by atoms with Crippen molar-refractivity contribution in [2.75, 3.05) is 13.1 Å². The molecule has 0 bridgehead atoms. The minimum atomic E-state index is -0.697. The summed E-state index contributed by atoms with van der Waals surface area (Å²) in [7, 11) is 0. The quantitative estimate of drug-likeness (QED) is 0.244. The fourth-order valence-corrected chi connectivity index (χ4v) is 2.20. The summed E-state index contributed by atoms with van der Waals surface area (Å²) in [6.07, 6.45) is 3.06. The van der Waals surface area contributed by atoms with Crippen molar-refractivity contribution in [1.29, 1.82) is 0 Å². The number of guanidine groups is 1. The van der Waals surface area contributed by atoms with Gasteiger partial charge in [0.05, 0.1) is 19.4 Å². The molecule has 0 radical (unpaired) electrons. The number of nitrogens with zero attached hydrogens (tertiary/aromatic N) is 1. The van der Waals surface area contributed by atoms with Crippen molar-refractivity contribution in [2.45, 2.75) is 39.3 Å². The van der Waals surface area contributed by atoms with Crippen LogP contribution in [0.2, 0.25) is 0 Å². The number of aliphatic imine (C=N–C) groups is 1. The zero-order chi connectivity index (χ0) is 17.2. The number of unbranched alkanes of at least 4 members (excludes halogenated alkanes) is 1. The Balaban J connectivity index is 0.00000312. The molecule has 0 amide bonds. The highest BCUT2D eigenvalue weighted by molar-refractivity contribution is 14.0. The first kappa shape index (κ1) is 21.5. The third-order valence-corrected chi connectivity index (χ3v) is 3.70. The molecule has 1 unspecified atom stereocenters. The Kier molecular flexibility index (Phi) is 10.3. The topological polar surface area (TPSA) is 69.8 Å². The fraction of sp³-hybridized carbons (Fsp3) is 0.421. The molecule has 1 heterocycles. The van der Waals surface area contributed by atoms with Gasteiger partial charge in [-0.2, -0.15) is 0 Å². The van der Waals surface area contributed by atoms with Crippen LogP contribution in [-0.2, 0) is 6.54 Å². The van der Waals surface area contributed by atoms with Crippen molar-refractivity contribution in [3.63, 3.8) is 0 Å². The number of hydrogen-bond donors (Lipinski definition) is 3. The van der Waals surface area contributed by atoms with Crippen molar-refractivity contribution in [3.05, 3.63) is 59.5 Å². The summed E-state index contributed by atoms with van der Waals surface area (Å²) in [6, 6.07) is 11.9. The Hall–Kier alpha value is -1.54. The summed E-state index contributed by atoms with van der Waals surface area (Å²) in [5.74, 6) is 1.25. The molecule has 25 heavy (non-hydrogen) atoms. The standard InChI is InChI=1S/C19H27N3O2.HI/c1-3-4-11-20-19(21-13-16-9-7-15(2)8-10-16)22-14-17(23)18-6-5-12-24-18;/h5-10,12,17,23H,3-4,11,13-14H2,1-2H3,(H2,20,21,22);1H. The lowest BCUT2D eigenvalue weighted by molar-refractivity contribution is 0.153. The van der Waals surface area contributed by atoms with Gasteiger partial charge in [-0.05, 0) is 31.0 Å². The minimum absolute atomic E-state index is 0. The maximum atomic E-state index is 10.1. The van der Waals surface area contributed by atoms with Gasteiger partial charge in [0, 0.05) is 6.54 Å². The number of rotatable bonds is 8. The molecule has 1 aromatic carbocycles. The fourth-order valence-electron chi connectivity index (χ4n) is 2.20. The molecule has 0 saturated heterocycles. The summed E-state index contributed by atoms with van der Waals surface area (Å²) in [4.78, 5) is 4.60. The van der Waals surface area contributed by atoms with Gasteiger partial charge >= 0.3 is 0 Å². The molecule has 138 valence electrons. The summed E-state index contributed by atoms with van der Waals surface area (Å²) < 4.78 is 5.22. The van der Waals surface area contributed by atoms with Crippen LogP contribution in [0.5, 0.6) is 0 Å². The van der Waals surface area contributed by atoms with Gasteiger partial charge in [-0.15, -0.1) is 24.0 Å². The highest BCUT2D eigenvalue weighted by Gasteiger charge is 2.10. The number of hydrogen-bond acceptors (Lipinski definition) is 3. The summed E-state index contributed by atoms with van der Waals surface area (Å²) in [5, 5.41) is 16.6. The molecule has 0 aliphatic rings. The van der Waals surface area contributed by atoms with E-state index >= 15 is 0 Å². The van der Waals surface area contributed by atoms with E-state index in [1.165, 1.54) is 5.56 Å². The average Bonchev–Trinajstić information content (AvgIpc) is 3.13. The molecule has 2 rings (SSSR count). The molecule has 1 atom stereocenters. The second kappa shape index (κ2) is 11.9. The van der Waals surface area contributed by atoms with Gasteiger partial charge in [-0.3, -0.25) is 0 Å². The number of aliphatic hydroxyl groups is 1. The molecule has 0 aliphatic carbocycles. The predicted molar refractivity (Wildman–Crippen MR) is 112 cm³/mol. The summed E-state index contributed by atoms with van der Waals surface area (Å²) >= 11 is 0. The number of benzene rings is 1. The largest absolute Gasteiger partial charge is 0.467 e. The predicted octanol–water partition coefficient (Wildman–Crippen LogP) is 3.77. The summed E-state index contributed by atoms with van der Waals surface area (Å²) in [6.45, 7) is 6.02. The molecule has 1 aromatic heterocycles. The first-order chi connectivity index (χ1) is 11.7. The van der Waals surface area contributed by atoms with E-state index in [1.807, 2.05) is 0 Å². The molecule has 5 nitrogen and oxygen atoms in total. The SMILES string of the molecule is CCCCNC(=NCc1ccc(C)cc1)NCC(O)c1ccco1.I. The molecule has 0 spiro atoms. The van der Waals surface area contributed by atoms with Crippen molar-refractivity contribution in [1.82, 2.24) is 10.6 Å². The zero-order valence-electron chi connectivity index (χ0n) is 14.9. The number of aryl methyl sites for hydroxylation is 1. The zero-order valence-corrected chi connectivity index (χ0v) is 17.2. The third kappa shape index (κ3) is 7.92. The normalized spacial score (nSPS) is 12.4. The van der Waals surface area contributed by atoms with Gasteiger partial charge in [-0.25, -0.2) is 4.99 Å². The maximum absolute atomic E-state index is 10.1. The lowest BCUT2D eigenvalue weighted by Crippen LogP contribution is -2.40. The Morgan fingerprint density at radius 3 is 2.60 bits per heavy atom. The van der Waals surface area contributed by atoms with Crippen molar-refractivity contribution >= 4 is 29.9 Å². The van der Waals surface area contributed by atoms with E-state index < -0.39 is 6.10 Å². The van der Waals surface area contributed by atoms with E-state index in [1.54, 1.807) is 18.4 Å². The number of halogens is 1. The Morgan fingerprint density at radius 1 is 1.20 bits per heavy atom. The molecular weight excluding hydrogens is 429 g/mol. The van der Waals surface area contributed by atoms with Crippen molar-refractivity contribution in [2.24, 2.45) is 4.99 Å². The van der Waals surface area contributed by atoms with Crippen molar-refractivity contribution < 1.29 is 9.52 Å². The van der Waals surface area contributed by atoms with Crippen LogP contribution in [0.15, 0.2) is 52.1 Å². The van der Waals surface area contributed by atoms with E-state index in [4.69, 9.17) is 4.42 Å². The molecule has 0 saturated carbocycles. The van der Waals surface area contributed by atoms with Crippen LogP contribution in [0.4, 0.5) is 0 Å². The van der Waals surface area contributed by atoms with E-state index in [0.29, 0.717) is 24.8 Å². The highest BCUT2D eigenvalue weighted by atomic mass is 127. The van der Waals surface area contributed by atoms with E-state index in [9.17, 15) is 5.11 Å². The molecule has 6 heteroatoms.